The van der Waals surface area contributed by atoms with Gasteiger partial charge in [-0.25, -0.2) is 0 Å². The third kappa shape index (κ3) is 2.31. The normalized spacial score (nSPS) is 12.5. The molecule has 1 atom stereocenters. The number of hydrogen-bond acceptors (Lipinski definition) is 3. The van der Waals surface area contributed by atoms with Crippen LogP contribution in [0.1, 0.15) is 34.8 Å². The van der Waals surface area contributed by atoms with Crippen LogP contribution in [0.2, 0.25) is 0 Å². The maximum absolute atomic E-state index is 12.5. The number of nitrogens with one attached hydrogen (secondary N) is 1. The summed E-state index contributed by atoms with van der Waals surface area (Å²) < 4.78 is 5.83. The zero-order valence-electron chi connectivity index (χ0n) is 12.3. The van der Waals surface area contributed by atoms with Crippen LogP contribution in [-0.4, -0.2) is 28.1 Å². The summed E-state index contributed by atoms with van der Waals surface area (Å²) in [6.45, 7) is 3.78. The van der Waals surface area contributed by atoms with Gasteiger partial charge in [-0.3, -0.25) is 9.89 Å². The number of H-pyrrole nitrogens is 1. The number of nitrogens with zero attached hydrogens (tertiary/aromatic N) is 2. The van der Waals surface area contributed by atoms with Crippen molar-refractivity contribution in [3.05, 3.63) is 53.5 Å². The van der Waals surface area contributed by atoms with Crippen LogP contribution in [0.25, 0.3) is 11.0 Å². The summed E-state index contributed by atoms with van der Waals surface area (Å²) in [6, 6.07) is 9.65. The standard InChI is InChI=1S/C16H17N3O2/c1-10-13(9-17-18-10)16(20)19(3)11(2)15-8-12-6-4-5-7-14(12)21-15/h4-9,11H,1-3H3,(H,17,18). The van der Waals surface area contributed by atoms with E-state index in [1.165, 1.54) is 0 Å². The van der Waals surface area contributed by atoms with E-state index in [1.807, 2.05) is 44.2 Å². The third-order valence-corrected chi connectivity index (χ3v) is 3.82. The van der Waals surface area contributed by atoms with Gasteiger partial charge in [0.1, 0.15) is 11.3 Å². The van der Waals surface area contributed by atoms with E-state index in [1.54, 1.807) is 18.1 Å². The minimum atomic E-state index is -0.154. The number of aromatic amines is 1. The zero-order valence-corrected chi connectivity index (χ0v) is 12.3. The topological polar surface area (TPSA) is 62.1 Å². The van der Waals surface area contributed by atoms with Crippen molar-refractivity contribution in [3.63, 3.8) is 0 Å². The van der Waals surface area contributed by atoms with Gasteiger partial charge in [-0.2, -0.15) is 5.10 Å². The molecule has 0 saturated carbocycles. The van der Waals surface area contributed by atoms with Crippen LogP contribution >= 0.6 is 0 Å². The maximum atomic E-state index is 12.5. The van der Waals surface area contributed by atoms with Crippen molar-refractivity contribution in [3.8, 4) is 0 Å². The van der Waals surface area contributed by atoms with Crippen LogP contribution < -0.4 is 0 Å². The van der Waals surface area contributed by atoms with Gasteiger partial charge in [-0.1, -0.05) is 18.2 Å². The molecule has 0 spiro atoms. The van der Waals surface area contributed by atoms with Crippen molar-refractivity contribution in [2.45, 2.75) is 19.9 Å². The first-order valence-electron chi connectivity index (χ1n) is 6.83. The zero-order chi connectivity index (χ0) is 15.0. The lowest BCUT2D eigenvalue weighted by molar-refractivity contribution is 0.0727. The Morgan fingerprint density at radius 1 is 1.38 bits per heavy atom. The fourth-order valence-corrected chi connectivity index (χ4v) is 2.33. The van der Waals surface area contributed by atoms with E-state index in [-0.39, 0.29) is 11.9 Å². The van der Waals surface area contributed by atoms with E-state index < -0.39 is 0 Å². The summed E-state index contributed by atoms with van der Waals surface area (Å²) in [5.41, 5.74) is 2.18. The highest BCUT2D eigenvalue weighted by Crippen LogP contribution is 2.27. The predicted molar refractivity (Wildman–Crippen MR) is 80.0 cm³/mol. The molecular formula is C16H17N3O2. The van der Waals surface area contributed by atoms with E-state index in [0.717, 1.165) is 22.4 Å². The van der Waals surface area contributed by atoms with Crippen molar-refractivity contribution in [2.75, 3.05) is 7.05 Å². The monoisotopic (exact) mass is 283 g/mol. The molecule has 3 rings (SSSR count). The van der Waals surface area contributed by atoms with Crippen molar-refractivity contribution >= 4 is 16.9 Å². The van der Waals surface area contributed by atoms with Crippen LogP contribution in [0.4, 0.5) is 0 Å². The summed E-state index contributed by atoms with van der Waals surface area (Å²) in [4.78, 5) is 14.1. The minimum Gasteiger partial charge on any atom is -0.459 e. The van der Waals surface area contributed by atoms with Gasteiger partial charge in [0.2, 0.25) is 0 Å². The molecular weight excluding hydrogens is 266 g/mol. The van der Waals surface area contributed by atoms with Crippen LogP contribution in [0.5, 0.6) is 0 Å². The molecule has 0 aliphatic rings. The number of rotatable bonds is 3. The van der Waals surface area contributed by atoms with Gasteiger partial charge in [0.15, 0.2) is 0 Å². The number of hydrogen-bond donors (Lipinski definition) is 1. The molecule has 0 bridgehead atoms. The van der Waals surface area contributed by atoms with Gasteiger partial charge >= 0.3 is 0 Å². The smallest absolute Gasteiger partial charge is 0.257 e. The highest BCUT2D eigenvalue weighted by molar-refractivity contribution is 5.95. The second-order valence-electron chi connectivity index (χ2n) is 5.19. The molecule has 0 fully saturated rings. The van der Waals surface area contributed by atoms with Gasteiger partial charge in [0.25, 0.3) is 5.91 Å². The molecule has 5 nitrogen and oxygen atoms in total. The fraction of sp³-hybridized carbons (Fsp3) is 0.250. The van der Waals surface area contributed by atoms with Crippen LogP contribution in [-0.2, 0) is 0 Å². The first-order chi connectivity index (χ1) is 10.1. The molecule has 5 heteroatoms. The van der Waals surface area contributed by atoms with Crippen molar-refractivity contribution in [1.82, 2.24) is 15.1 Å². The van der Waals surface area contributed by atoms with Crippen LogP contribution in [0.15, 0.2) is 40.9 Å². The summed E-state index contributed by atoms with van der Waals surface area (Å²) in [5.74, 6) is 0.697. The quantitative estimate of drug-likeness (QED) is 0.802. The molecule has 21 heavy (non-hydrogen) atoms. The Hall–Kier alpha value is -2.56. The highest BCUT2D eigenvalue weighted by Gasteiger charge is 2.23. The van der Waals surface area contributed by atoms with Crippen LogP contribution in [0, 0.1) is 6.92 Å². The lowest BCUT2D eigenvalue weighted by Crippen LogP contribution is -2.29. The lowest BCUT2D eigenvalue weighted by atomic mass is 10.1. The Labute approximate surface area is 122 Å². The highest BCUT2D eigenvalue weighted by atomic mass is 16.3. The Balaban J connectivity index is 1.88. The summed E-state index contributed by atoms with van der Waals surface area (Å²) >= 11 is 0. The largest absolute Gasteiger partial charge is 0.459 e. The molecule has 1 aromatic carbocycles. The number of aromatic nitrogens is 2. The summed E-state index contributed by atoms with van der Waals surface area (Å²) in [5, 5.41) is 7.72. The minimum absolute atomic E-state index is 0.0748. The second-order valence-corrected chi connectivity index (χ2v) is 5.19. The number of carbonyl (C=O) groups is 1. The number of furan rings is 1. The van der Waals surface area contributed by atoms with E-state index in [2.05, 4.69) is 10.2 Å². The Bertz CT molecular complexity index is 755. The van der Waals surface area contributed by atoms with Gasteiger partial charge in [0.05, 0.1) is 17.8 Å². The first kappa shape index (κ1) is 13.4. The number of para-hydroxylation sites is 1. The molecule has 2 aromatic heterocycles. The second kappa shape index (κ2) is 5.09. The van der Waals surface area contributed by atoms with E-state index >= 15 is 0 Å². The van der Waals surface area contributed by atoms with Gasteiger partial charge in [0, 0.05) is 18.1 Å². The Kier molecular flexibility index (Phi) is 3.25. The first-order valence-corrected chi connectivity index (χ1v) is 6.83. The Morgan fingerprint density at radius 2 is 2.14 bits per heavy atom. The third-order valence-electron chi connectivity index (χ3n) is 3.82. The molecule has 2 heterocycles. The number of carbonyl (C=O) groups excluding carboxylic acids is 1. The summed E-state index contributed by atoms with van der Waals surface area (Å²) in [6.07, 6.45) is 1.56. The molecule has 0 radical (unpaired) electrons. The number of fused-ring (bicyclic) bond motifs is 1. The molecule has 1 amide bonds. The summed E-state index contributed by atoms with van der Waals surface area (Å²) in [7, 11) is 1.77. The van der Waals surface area contributed by atoms with E-state index in [9.17, 15) is 4.79 Å². The predicted octanol–water partition coefficient (Wildman–Crippen LogP) is 3.30. The molecule has 108 valence electrons. The molecule has 3 aromatic rings. The van der Waals surface area contributed by atoms with Crippen molar-refractivity contribution < 1.29 is 9.21 Å². The van der Waals surface area contributed by atoms with Crippen LogP contribution in [0.3, 0.4) is 0 Å². The number of amides is 1. The van der Waals surface area contributed by atoms with Crippen molar-refractivity contribution in [2.24, 2.45) is 0 Å². The van der Waals surface area contributed by atoms with Crippen molar-refractivity contribution in [1.29, 1.82) is 0 Å². The van der Waals surface area contributed by atoms with E-state index in [0.29, 0.717) is 5.56 Å². The number of benzene rings is 1. The number of aryl methyl sites for hydroxylation is 1. The lowest BCUT2D eigenvalue weighted by Gasteiger charge is -2.23. The van der Waals surface area contributed by atoms with E-state index in [4.69, 9.17) is 4.42 Å². The maximum Gasteiger partial charge on any atom is 0.257 e. The fourth-order valence-electron chi connectivity index (χ4n) is 2.33. The molecule has 1 unspecified atom stereocenters. The molecule has 1 N–H and O–H groups in total. The van der Waals surface area contributed by atoms with Gasteiger partial charge < -0.3 is 9.32 Å². The molecule has 0 aliphatic heterocycles. The average Bonchev–Trinajstić information content (AvgIpc) is 3.10. The average molecular weight is 283 g/mol. The molecule has 0 aliphatic carbocycles. The Morgan fingerprint density at radius 3 is 2.81 bits per heavy atom. The molecule has 0 saturated heterocycles. The van der Waals surface area contributed by atoms with Gasteiger partial charge in [-0.15, -0.1) is 0 Å². The van der Waals surface area contributed by atoms with Gasteiger partial charge in [-0.05, 0) is 26.0 Å². The SMILES string of the molecule is Cc1[nH]ncc1C(=O)N(C)C(C)c1cc2ccccc2o1.